The van der Waals surface area contributed by atoms with Crippen molar-refractivity contribution in [2.45, 2.75) is 56.6 Å². The topological polar surface area (TPSA) is 59.2 Å². The van der Waals surface area contributed by atoms with Crippen LogP contribution in [0.25, 0.3) is 0 Å². The Balaban J connectivity index is 0.000000157. The Labute approximate surface area is 200 Å². The van der Waals surface area contributed by atoms with Gasteiger partial charge in [0.15, 0.2) is 0 Å². The van der Waals surface area contributed by atoms with Gasteiger partial charge in [0, 0.05) is 66.6 Å². The van der Waals surface area contributed by atoms with E-state index in [2.05, 4.69) is 40.1 Å². The Morgan fingerprint density at radius 2 is 1.58 bits per heavy atom. The van der Waals surface area contributed by atoms with Gasteiger partial charge >= 0.3 is 8.80 Å². The number of piperazine rings is 1. The number of rotatable bonds is 10. The summed E-state index contributed by atoms with van der Waals surface area (Å²) in [5.74, 6) is 0.760. The van der Waals surface area contributed by atoms with E-state index in [1.54, 1.807) is 21.3 Å². The average molecular weight is 479 g/mol. The van der Waals surface area contributed by atoms with Crippen LogP contribution in [0.2, 0.25) is 6.04 Å². The quantitative estimate of drug-likeness (QED) is 0.378. The molecule has 1 aromatic rings. The van der Waals surface area contributed by atoms with Gasteiger partial charge in [0.1, 0.15) is 0 Å². The van der Waals surface area contributed by atoms with Crippen molar-refractivity contribution in [1.29, 1.82) is 0 Å². The van der Waals surface area contributed by atoms with Crippen LogP contribution in [-0.4, -0.2) is 97.6 Å². The molecule has 3 saturated heterocycles. The molecule has 7 nitrogen and oxygen atoms in total. The number of ether oxygens (including phenoxy) is 2. The first-order valence-corrected chi connectivity index (χ1v) is 14.5. The second kappa shape index (κ2) is 12.2. The summed E-state index contributed by atoms with van der Waals surface area (Å²) in [6, 6.07) is 11.7. The van der Waals surface area contributed by atoms with E-state index in [4.69, 9.17) is 22.8 Å². The average Bonchev–Trinajstić information content (AvgIpc) is 3.79. The van der Waals surface area contributed by atoms with Gasteiger partial charge in [-0.15, -0.1) is 0 Å². The molecule has 186 valence electrons. The molecule has 1 aromatic carbocycles. The summed E-state index contributed by atoms with van der Waals surface area (Å²) in [5.41, 5.74) is 1.42. The highest BCUT2D eigenvalue weighted by Crippen LogP contribution is 2.41. The molecule has 4 aliphatic rings. The highest BCUT2D eigenvalue weighted by atomic mass is 28.4. The zero-order valence-corrected chi connectivity index (χ0v) is 21.6. The summed E-state index contributed by atoms with van der Waals surface area (Å²) in [5, 5.41) is 0. The monoisotopic (exact) mass is 478 g/mol. The lowest BCUT2D eigenvalue weighted by Gasteiger charge is -2.34. The fourth-order valence-corrected chi connectivity index (χ4v) is 6.99. The van der Waals surface area contributed by atoms with Crippen molar-refractivity contribution in [2.75, 3.05) is 60.7 Å². The van der Waals surface area contributed by atoms with Crippen LogP contribution in [0.1, 0.15) is 31.2 Å². The number of nitrogens with zero attached hydrogens (tertiary/aromatic N) is 2. The van der Waals surface area contributed by atoms with Crippen molar-refractivity contribution < 1.29 is 22.8 Å². The van der Waals surface area contributed by atoms with Gasteiger partial charge in [0.25, 0.3) is 0 Å². The maximum absolute atomic E-state index is 5.54. The molecule has 1 saturated carbocycles. The third-order valence-corrected chi connectivity index (χ3v) is 10.2. The molecule has 0 bridgehead atoms. The molecular formula is C25H42N2O5Si. The van der Waals surface area contributed by atoms with Gasteiger partial charge in [-0.3, -0.25) is 9.80 Å². The Bertz CT molecular complexity index is 687. The maximum Gasteiger partial charge on any atom is 0.500 e. The van der Waals surface area contributed by atoms with Crippen molar-refractivity contribution in [3.63, 3.8) is 0 Å². The van der Waals surface area contributed by atoms with Gasteiger partial charge < -0.3 is 22.8 Å². The lowest BCUT2D eigenvalue weighted by atomic mass is 9.88. The van der Waals surface area contributed by atoms with Gasteiger partial charge in [-0.1, -0.05) is 30.3 Å². The van der Waals surface area contributed by atoms with Crippen molar-refractivity contribution in [1.82, 2.24) is 9.80 Å². The zero-order chi connectivity index (χ0) is 23.1. The van der Waals surface area contributed by atoms with E-state index in [0.29, 0.717) is 18.3 Å². The normalized spacial score (nSPS) is 29.7. The predicted octanol–water partition coefficient (Wildman–Crippen LogP) is 3.03. The van der Waals surface area contributed by atoms with Crippen molar-refractivity contribution >= 4 is 8.80 Å². The fraction of sp³-hybridized carbons (Fsp3) is 0.760. The molecule has 3 aliphatic heterocycles. The minimum atomic E-state index is -2.35. The first-order chi connectivity index (χ1) is 16.1. The van der Waals surface area contributed by atoms with Gasteiger partial charge in [-0.25, -0.2) is 0 Å². The lowest BCUT2D eigenvalue weighted by Crippen LogP contribution is -2.46. The van der Waals surface area contributed by atoms with Gasteiger partial charge in [-0.2, -0.15) is 0 Å². The summed E-state index contributed by atoms with van der Waals surface area (Å²) in [7, 11) is 2.69. The van der Waals surface area contributed by atoms with Crippen LogP contribution in [0.15, 0.2) is 30.3 Å². The molecular weight excluding hydrogens is 436 g/mol. The third kappa shape index (κ3) is 7.83. The molecule has 4 atom stereocenters. The number of fused-ring (bicyclic) bond motifs is 1. The smallest absolute Gasteiger partial charge is 0.377 e. The van der Waals surface area contributed by atoms with E-state index in [0.717, 1.165) is 38.1 Å². The van der Waals surface area contributed by atoms with Crippen LogP contribution >= 0.6 is 0 Å². The molecule has 4 fully saturated rings. The molecule has 0 amide bonds. The van der Waals surface area contributed by atoms with Gasteiger partial charge in [-0.05, 0) is 37.2 Å². The molecule has 0 aromatic heterocycles. The zero-order valence-electron chi connectivity index (χ0n) is 20.6. The lowest BCUT2D eigenvalue weighted by molar-refractivity contribution is 0.120. The second-order valence-electron chi connectivity index (χ2n) is 9.74. The largest absolute Gasteiger partial charge is 0.500 e. The first kappa shape index (κ1) is 25.3. The number of hydrogen-bond donors (Lipinski definition) is 0. The molecule has 4 unspecified atom stereocenters. The predicted molar refractivity (Wildman–Crippen MR) is 130 cm³/mol. The first-order valence-electron chi connectivity index (χ1n) is 12.5. The summed E-state index contributed by atoms with van der Waals surface area (Å²) < 4.78 is 27.1. The second-order valence-corrected chi connectivity index (χ2v) is 12.8. The third-order valence-electron chi connectivity index (χ3n) is 7.48. The van der Waals surface area contributed by atoms with E-state index < -0.39 is 8.80 Å². The molecule has 33 heavy (non-hydrogen) atoms. The number of epoxide rings is 2. The highest BCUT2D eigenvalue weighted by molar-refractivity contribution is 6.60. The Morgan fingerprint density at radius 1 is 0.909 bits per heavy atom. The summed E-state index contributed by atoms with van der Waals surface area (Å²) >= 11 is 0. The Hall–Kier alpha value is -0.843. The van der Waals surface area contributed by atoms with E-state index >= 15 is 0 Å². The van der Waals surface area contributed by atoms with Crippen molar-refractivity contribution in [2.24, 2.45) is 5.92 Å². The van der Waals surface area contributed by atoms with Crippen LogP contribution in [0.5, 0.6) is 0 Å². The van der Waals surface area contributed by atoms with Crippen LogP contribution in [0.4, 0.5) is 0 Å². The fourth-order valence-electron chi connectivity index (χ4n) is 5.12. The molecule has 1 aliphatic carbocycles. The highest BCUT2D eigenvalue weighted by Gasteiger charge is 2.45. The molecule has 3 heterocycles. The van der Waals surface area contributed by atoms with E-state index in [-0.39, 0.29) is 0 Å². The molecule has 0 N–H and O–H groups in total. The molecule has 8 heteroatoms. The van der Waals surface area contributed by atoms with Crippen LogP contribution in [0.3, 0.4) is 0 Å². The molecule has 5 rings (SSSR count). The van der Waals surface area contributed by atoms with E-state index in [1.165, 1.54) is 51.0 Å². The Morgan fingerprint density at radius 3 is 2.18 bits per heavy atom. The number of hydrogen-bond acceptors (Lipinski definition) is 7. The van der Waals surface area contributed by atoms with Gasteiger partial charge in [0.05, 0.1) is 24.9 Å². The van der Waals surface area contributed by atoms with Crippen molar-refractivity contribution in [3.05, 3.63) is 35.9 Å². The van der Waals surface area contributed by atoms with Crippen LogP contribution in [-0.2, 0) is 29.3 Å². The summed E-state index contributed by atoms with van der Waals surface area (Å²) in [6.45, 7) is 7.95. The molecule has 0 spiro atoms. The standard InChI is InChI=1S/C14H20N2O.C11H22O4Si/c1-2-4-13(5-3-1)10-15-6-8-16(9-7-15)11-14-12-17-14;1-12-16(13-2,14-3)7-6-9-4-5-10-11(8-9)15-10/h1-5,14H,6-12H2;9-11H,4-8H2,1-3H3. The van der Waals surface area contributed by atoms with Crippen LogP contribution < -0.4 is 0 Å². The molecule has 0 radical (unpaired) electrons. The summed E-state index contributed by atoms with van der Waals surface area (Å²) in [6.07, 6.45) is 6.55. The van der Waals surface area contributed by atoms with Gasteiger partial charge in [0.2, 0.25) is 0 Å². The van der Waals surface area contributed by atoms with E-state index in [1.807, 2.05) is 0 Å². The Kier molecular flexibility index (Phi) is 9.35. The van der Waals surface area contributed by atoms with Crippen molar-refractivity contribution in [3.8, 4) is 0 Å². The maximum atomic E-state index is 5.54. The minimum Gasteiger partial charge on any atom is -0.377 e. The van der Waals surface area contributed by atoms with Crippen LogP contribution in [0, 0.1) is 5.92 Å². The van der Waals surface area contributed by atoms with E-state index in [9.17, 15) is 0 Å². The minimum absolute atomic E-state index is 0.538. The SMILES string of the molecule is CO[Si](CCC1CCC2OC2C1)(OC)OC.c1ccc(CN2CCN(CC3CO3)CC2)cc1. The summed E-state index contributed by atoms with van der Waals surface area (Å²) in [4.78, 5) is 5.07. The number of benzene rings is 1.